The second-order valence-electron chi connectivity index (χ2n) is 5.59. The number of carbonyl (C=O) groups excluding carboxylic acids is 1. The number of thiophene rings is 1. The molecule has 2 aromatic rings. The lowest BCUT2D eigenvalue weighted by molar-refractivity contribution is 0.240. The topological polar surface area (TPSA) is 71.8 Å². The standard InChI is InChI=1S/C15H21N5OS/c1-11(12-4-3-9-22-12)10-17-15(21)16-7-6-14-19-18-13-5-2-8-20(13)14/h3-4,9,11H,2,5-8,10H2,1H3,(H2,16,17,21)/t11-/m0/s1. The summed E-state index contributed by atoms with van der Waals surface area (Å²) in [4.78, 5) is 13.1. The minimum absolute atomic E-state index is 0.121. The van der Waals surface area contributed by atoms with Crippen molar-refractivity contribution in [2.45, 2.75) is 38.6 Å². The monoisotopic (exact) mass is 319 g/mol. The Hall–Kier alpha value is -1.89. The molecule has 0 radical (unpaired) electrons. The van der Waals surface area contributed by atoms with E-state index in [2.05, 4.69) is 43.8 Å². The van der Waals surface area contributed by atoms with E-state index in [9.17, 15) is 4.79 Å². The summed E-state index contributed by atoms with van der Waals surface area (Å²) >= 11 is 1.72. The molecule has 0 unspecified atom stereocenters. The van der Waals surface area contributed by atoms with Crippen LogP contribution >= 0.6 is 11.3 Å². The van der Waals surface area contributed by atoms with Gasteiger partial charge < -0.3 is 15.2 Å². The van der Waals surface area contributed by atoms with Gasteiger partial charge >= 0.3 is 6.03 Å². The summed E-state index contributed by atoms with van der Waals surface area (Å²) in [5.74, 6) is 2.38. The fourth-order valence-corrected chi connectivity index (χ4v) is 3.45. The zero-order chi connectivity index (χ0) is 15.4. The molecule has 0 bridgehead atoms. The van der Waals surface area contributed by atoms with Gasteiger partial charge in [-0.25, -0.2) is 4.79 Å². The molecule has 0 aromatic carbocycles. The molecule has 2 N–H and O–H groups in total. The molecule has 1 atom stereocenters. The molecule has 0 saturated carbocycles. The van der Waals surface area contributed by atoms with Crippen LogP contribution in [0.25, 0.3) is 0 Å². The fraction of sp³-hybridized carbons (Fsp3) is 0.533. The number of amides is 2. The van der Waals surface area contributed by atoms with Crippen molar-refractivity contribution in [2.75, 3.05) is 13.1 Å². The van der Waals surface area contributed by atoms with Crippen molar-refractivity contribution in [3.8, 4) is 0 Å². The molecule has 2 aromatic heterocycles. The van der Waals surface area contributed by atoms with Crippen LogP contribution in [0.1, 0.15) is 35.8 Å². The van der Waals surface area contributed by atoms with Crippen molar-refractivity contribution in [3.05, 3.63) is 34.0 Å². The minimum Gasteiger partial charge on any atom is -0.338 e. The van der Waals surface area contributed by atoms with Crippen LogP contribution in [0.15, 0.2) is 17.5 Å². The number of aromatic nitrogens is 3. The van der Waals surface area contributed by atoms with Gasteiger partial charge in [0.25, 0.3) is 0 Å². The highest BCUT2D eigenvalue weighted by Gasteiger charge is 2.16. The Kier molecular flexibility index (Phi) is 4.72. The first-order chi connectivity index (χ1) is 10.7. The van der Waals surface area contributed by atoms with Gasteiger partial charge in [0.2, 0.25) is 0 Å². The summed E-state index contributed by atoms with van der Waals surface area (Å²) in [6, 6.07) is 4.01. The Morgan fingerprint density at radius 2 is 2.36 bits per heavy atom. The molecule has 6 nitrogen and oxygen atoms in total. The van der Waals surface area contributed by atoms with E-state index in [-0.39, 0.29) is 6.03 Å². The van der Waals surface area contributed by atoms with Crippen molar-refractivity contribution in [1.82, 2.24) is 25.4 Å². The second-order valence-corrected chi connectivity index (χ2v) is 6.57. The van der Waals surface area contributed by atoms with Crippen LogP contribution in [0, 0.1) is 0 Å². The molecule has 1 aliphatic rings. The Bertz CT molecular complexity index is 622. The second kappa shape index (κ2) is 6.91. The van der Waals surface area contributed by atoms with Gasteiger partial charge in [-0.05, 0) is 17.9 Å². The summed E-state index contributed by atoms with van der Waals surface area (Å²) in [6.45, 7) is 4.35. The number of hydrogen-bond donors (Lipinski definition) is 2. The third-order valence-corrected chi connectivity index (χ3v) is 5.02. The molecule has 2 amide bonds. The largest absolute Gasteiger partial charge is 0.338 e. The highest BCUT2D eigenvalue weighted by atomic mass is 32.1. The number of hydrogen-bond acceptors (Lipinski definition) is 4. The first-order valence-electron chi connectivity index (χ1n) is 7.70. The van der Waals surface area contributed by atoms with E-state index in [4.69, 9.17) is 0 Å². The van der Waals surface area contributed by atoms with E-state index in [0.29, 0.717) is 19.0 Å². The highest BCUT2D eigenvalue weighted by Crippen LogP contribution is 2.19. The van der Waals surface area contributed by atoms with Gasteiger partial charge in [-0.2, -0.15) is 0 Å². The van der Waals surface area contributed by atoms with Crippen LogP contribution in [-0.2, 0) is 19.4 Å². The van der Waals surface area contributed by atoms with Crippen LogP contribution in [0.5, 0.6) is 0 Å². The van der Waals surface area contributed by atoms with E-state index in [1.54, 1.807) is 11.3 Å². The quantitative estimate of drug-likeness (QED) is 0.854. The zero-order valence-electron chi connectivity index (χ0n) is 12.7. The molecule has 0 aliphatic carbocycles. The maximum absolute atomic E-state index is 11.8. The Morgan fingerprint density at radius 1 is 1.45 bits per heavy atom. The number of urea groups is 1. The van der Waals surface area contributed by atoms with E-state index in [1.807, 2.05) is 6.07 Å². The fourth-order valence-electron chi connectivity index (χ4n) is 2.66. The first-order valence-corrected chi connectivity index (χ1v) is 8.58. The number of nitrogens with one attached hydrogen (secondary N) is 2. The van der Waals surface area contributed by atoms with Crippen LogP contribution in [0.4, 0.5) is 4.79 Å². The molecule has 1 aliphatic heterocycles. The lowest BCUT2D eigenvalue weighted by Crippen LogP contribution is -2.38. The third kappa shape index (κ3) is 3.47. The number of carbonyl (C=O) groups is 1. The van der Waals surface area contributed by atoms with Gasteiger partial charge in [0.1, 0.15) is 11.6 Å². The lowest BCUT2D eigenvalue weighted by atomic mass is 10.1. The summed E-state index contributed by atoms with van der Waals surface area (Å²) in [5, 5.41) is 16.2. The molecule has 0 spiro atoms. The molecule has 3 heterocycles. The molecule has 7 heteroatoms. The predicted molar refractivity (Wildman–Crippen MR) is 86.2 cm³/mol. The SMILES string of the molecule is C[C@@H](CNC(=O)NCCc1nnc2n1CCC2)c1cccs1. The van der Waals surface area contributed by atoms with Crippen LogP contribution in [0.2, 0.25) is 0 Å². The molecule has 0 saturated heterocycles. The smallest absolute Gasteiger partial charge is 0.314 e. The molecule has 0 fully saturated rings. The summed E-state index contributed by atoms with van der Waals surface area (Å²) in [7, 11) is 0. The van der Waals surface area contributed by atoms with Crippen molar-refractivity contribution in [3.63, 3.8) is 0 Å². The third-order valence-electron chi connectivity index (χ3n) is 3.92. The van der Waals surface area contributed by atoms with Crippen molar-refractivity contribution in [1.29, 1.82) is 0 Å². The number of aryl methyl sites for hydroxylation is 1. The van der Waals surface area contributed by atoms with Gasteiger partial charge in [0.15, 0.2) is 0 Å². The molecular weight excluding hydrogens is 298 g/mol. The molecule has 118 valence electrons. The van der Waals surface area contributed by atoms with Gasteiger partial charge in [-0.15, -0.1) is 21.5 Å². The normalized spacial score (nSPS) is 14.6. The lowest BCUT2D eigenvalue weighted by Gasteiger charge is -2.12. The average molecular weight is 319 g/mol. The van der Waals surface area contributed by atoms with Crippen LogP contribution in [0.3, 0.4) is 0 Å². The maximum Gasteiger partial charge on any atom is 0.314 e. The number of nitrogens with zero attached hydrogens (tertiary/aromatic N) is 3. The Morgan fingerprint density at radius 3 is 3.18 bits per heavy atom. The van der Waals surface area contributed by atoms with Crippen LogP contribution in [-0.4, -0.2) is 33.9 Å². The molecular formula is C15H21N5OS. The van der Waals surface area contributed by atoms with Gasteiger partial charge in [0, 0.05) is 43.3 Å². The Labute approximate surface area is 133 Å². The molecule has 22 heavy (non-hydrogen) atoms. The summed E-state index contributed by atoms with van der Waals surface area (Å²) in [6.07, 6.45) is 2.88. The average Bonchev–Trinajstić information content (AvgIpc) is 3.23. The highest BCUT2D eigenvalue weighted by molar-refractivity contribution is 7.10. The first kappa shape index (κ1) is 15.0. The van der Waals surface area contributed by atoms with Crippen LogP contribution < -0.4 is 10.6 Å². The van der Waals surface area contributed by atoms with E-state index in [1.165, 1.54) is 4.88 Å². The number of fused-ring (bicyclic) bond motifs is 1. The van der Waals surface area contributed by atoms with E-state index < -0.39 is 0 Å². The van der Waals surface area contributed by atoms with Crippen molar-refractivity contribution < 1.29 is 4.79 Å². The van der Waals surface area contributed by atoms with Gasteiger partial charge in [-0.3, -0.25) is 0 Å². The van der Waals surface area contributed by atoms with Gasteiger partial charge in [-0.1, -0.05) is 13.0 Å². The number of rotatable bonds is 6. The van der Waals surface area contributed by atoms with Gasteiger partial charge in [0.05, 0.1) is 0 Å². The van der Waals surface area contributed by atoms with Crippen molar-refractivity contribution in [2.24, 2.45) is 0 Å². The van der Waals surface area contributed by atoms with E-state index in [0.717, 1.165) is 37.5 Å². The summed E-state index contributed by atoms with van der Waals surface area (Å²) < 4.78 is 2.17. The zero-order valence-corrected chi connectivity index (χ0v) is 13.5. The Balaban J connectivity index is 1.37. The predicted octanol–water partition coefficient (Wildman–Crippen LogP) is 1.93. The summed E-state index contributed by atoms with van der Waals surface area (Å²) in [5.41, 5.74) is 0. The van der Waals surface area contributed by atoms with E-state index >= 15 is 0 Å². The van der Waals surface area contributed by atoms with Crippen molar-refractivity contribution >= 4 is 17.4 Å². The molecule has 3 rings (SSSR count). The minimum atomic E-state index is -0.121. The maximum atomic E-state index is 11.8.